The molecule has 80 valence electrons. The molecule has 3 aliphatic heterocycles. The van der Waals surface area contributed by atoms with Crippen LogP contribution in [-0.2, 0) is 0 Å². The SMILES string of the molecule is CCNC(=O)N1CC2CCC1CNC2. The van der Waals surface area contributed by atoms with E-state index in [9.17, 15) is 4.79 Å². The molecule has 3 rings (SSSR count). The molecule has 0 aromatic rings. The number of carbonyl (C=O) groups is 1. The van der Waals surface area contributed by atoms with Crippen LogP contribution in [0.25, 0.3) is 0 Å². The van der Waals surface area contributed by atoms with Crippen molar-refractivity contribution in [1.29, 1.82) is 0 Å². The molecule has 2 unspecified atom stereocenters. The van der Waals surface area contributed by atoms with Crippen LogP contribution in [0.2, 0.25) is 0 Å². The van der Waals surface area contributed by atoms with Crippen LogP contribution in [0.4, 0.5) is 4.79 Å². The van der Waals surface area contributed by atoms with Crippen LogP contribution >= 0.6 is 0 Å². The molecule has 4 heteroatoms. The van der Waals surface area contributed by atoms with Gasteiger partial charge in [0, 0.05) is 25.7 Å². The fourth-order valence-electron chi connectivity index (χ4n) is 2.44. The Bertz CT molecular complexity index is 215. The minimum absolute atomic E-state index is 0.117. The highest BCUT2D eigenvalue weighted by molar-refractivity contribution is 5.74. The van der Waals surface area contributed by atoms with Crippen molar-refractivity contribution in [2.75, 3.05) is 26.2 Å². The zero-order valence-corrected chi connectivity index (χ0v) is 8.75. The van der Waals surface area contributed by atoms with Gasteiger partial charge in [-0.2, -0.15) is 0 Å². The van der Waals surface area contributed by atoms with Crippen LogP contribution in [-0.4, -0.2) is 43.2 Å². The zero-order chi connectivity index (χ0) is 9.97. The predicted molar refractivity (Wildman–Crippen MR) is 55.2 cm³/mol. The molecule has 2 amide bonds. The molecule has 2 atom stereocenters. The number of fused-ring (bicyclic) bond motifs is 4. The molecule has 4 nitrogen and oxygen atoms in total. The van der Waals surface area contributed by atoms with Gasteiger partial charge in [-0.15, -0.1) is 0 Å². The number of nitrogens with one attached hydrogen (secondary N) is 2. The zero-order valence-electron chi connectivity index (χ0n) is 8.75. The van der Waals surface area contributed by atoms with E-state index in [2.05, 4.69) is 10.6 Å². The van der Waals surface area contributed by atoms with E-state index in [0.29, 0.717) is 12.0 Å². The van der Waals surface area contributed by atoms with Gasteiger partial charge in [-0.3, -0.25) is 0 Å². The summed E-state index contributed by atoms with van der Waals surface area (Å²) >= 11 is 0. The third kappa shape index (κ3) is 1.85. The van der Waals surface area contributed by atoms with E-state index < -0.39 is 0 Å². The van der Waals surface area contributed by atoms with Crippen molar-refractivity contribution in [2.24, 2.45) is 5.92 Å². The molecule has 0 saturated carbocycles. The largest absolute Gasteiger partial charge is 0.338 e. The van der Waals surface area contributed by atoms with E-state index in [-0.39, 0.29) is 6.03 Å². The highest BCUT2D eigenvalue weighted by Crippen LogP contribution is 2.24. The van der Waals surface area contributed by atoms with Gasteiger partial charge in [-0.25, -0.2) is 4.79 Å². The standard InChI is InChI=1S/C10H19N3O/c1-2-12-10(14)13-7-8-3-4-9(13)6-11-5-8/h8-9,11H,2-7H2,1H3,(H,12,14). The highest BCUT2D eigenvalue weighted by Gasteiger charge is 2.33. The van der Waals surface area contributed by atoms with Crippen LogP contribution in [0.1, 0.15) is 19.8 Å². The van der Waals surface area contributed by atoms with Crippen LogP contribution in [0.5, 0.6) is 0 Å². The second-order valence-corrected chi connectivity index (χ2v) is 4.24. The summed E-state index contributed by atoms with van der Waals surface area (Å²) in [6.07, 6.45) is 2.43. The predicted octanol–water partition coefficient (Wildman–Crippen LogP) is 0.400. The van der Waals surface area contributed by atoms with Crippen molar-refractivity contribution in [1.82, 2.24) is 15.5 Å². The summed E-state index contributed by atoms with van der Waals surface area (Å²) in [5.41, 5.74) is 0. The first-order chi connectivity index (χ1) is 6.81. The molecule has 14 heavy (non-hydrogen) atoms. The molecule has 3 aliphatic rings. The Hall–Kier alpha value is -0.770. The lowest BCUT2D eigenvalue weighted by Gasteiger charge is -2.35. The van der Waals surface area contributed by atoms with Gasteiger partial charge < -0.3 is 15.5 Å². The molecule has 0 aromatic heterocycles. The number of amides is 2. The average molecular weight is 197 g/mol. The summed E-state index contributed by atoms with van der Waals surface area (Å²) in [5, 5.41) is 6.30. The molecule has 0 radical (unpaired) electrons. The summed E-state index contributed by atoms with van der Waals surface area (Å²) in [6.45, 7) is 5.66. The molecule has 0 aromatic carbocycles. The topological polar surface area (TPSA) is 44.4 Å². The highest BCUT2D eigenvalue weighted by atomic mass is 16.2. The van der Waals surface area contributed by atoms with Gasteiger partial charge in [0.25, 0.3) is 0 Å². The number of carbonyl (C=O) groups excluding carboxylic acids is 1. The van der Waals surface area contributed by atoms with Gasteiger partial charge in [0.1, 0.15) is 0 Å². The van der Waals surface area contributed by atoms with Crippen molar-refractivity contribution in [3.63, 3.8) is 0 Å². The lowest BCUT2D eigenvalue weighted by molar-refractivity contribution is 0.143. The normalized spacial score (nSPS) is 31.4. The van der Waals surface area contributed by atoms with Crippen molar-refractivity contribution < 1.29 is 4.79 Å². The molecule has 3 heterocycles. The molecule has 3 fully saturated rings. The van der Waals surface area contributed by atoms with Crippen LogP contribution < -0.4 is 10.6 Å². The van der Waals surface area contributed by atoms with Crippen molar-refractivity contribution in [3.05, 3.63) is 0 Å². The van der Waals surface area contributed by atoms with Crippen molar-refractivity contribution in [2.45, 2.75) is 25.8 Å². The molecule has 0 spiro atoms. The number of rotatable bonds is 1. The van der Waals surface area contributed by atoms with E-state index in [1.165, 1.54) is 6.42 Å². The van der Waals surface area contributed by atoms with E-state index in [0.717, 1.165) is 32.6 Å². The van der Waals surface area contributed by atoms with E-state index >= 15 is 0 Å². The lowest BCUT2D eigenvalue weighted by Crippen LogP contribution is -2.51. The summed E-state index contributed by atoms with van der Waals surface area (Å²) in [7, 11) is 0. The maximum Gasteiger partial charge on any atom is 0.317 e. The van der Waals surface area contributed by atoms with Crippen LogP contribution in [0.3, 0.4) is 0 Å². The van der Waals surface area contributed by atoms with Gasteiger partial charge in [0.2, 0.25) is 0 Å². The summed E-state index contributed by atoms with van der Waals surface area (Å²) in [5.74, 6) is 0.663. The van der Waals surface area contributed by atoms with E-state index in [4.69, 9.17) is 0 Å². The van der Waals surface area contributed by atoms with Crippen LogP contribution in [0, 0.1) is 5.92 Å². The van der Waals surface area contributed by atoms with Gasteiger partial charge in [-0.1, -0.05) is 0 Å². The fraction of sp³-hybridized carbons (Fsp3) is 0.900. The Morgan fingerprint density at radius 2 is 2.36 bits per heavy atom. The first kappa shape index (κ1) is 9.77. The first-order valence-electron chi connectivity index (χ1n) is 5.56. The number of piperidine rings is 1. The molecule has 0 aliphatic carbocycles. The maximum atomic E-state index is 11.7. The Kier molecular flexibility index (Phi) is 2.91. The van der Waals surface area contributed by atoms with E-state index in [1.54, 1.807) is 0 Å². The van der Waals surface area contributed by atoms with Crippen molar-refractivity contribution >= 4 is 6.03 Å². The molecular formula is C10H19N3O. The Morgan fingerprint density at radius 1 is 1.50 bits per heavy atom. The fourth-order valence-corrected chi connectivity index (χ4v) is 2.44. The number of urea groups is 1. The van der Waals surface area contributed by atoms with Gasteiger partial charge in [-0.05, 0) is 32.2 Å². The molecule has 3 saturated heterocycles. The van der Waals surface area contributed by atoms with E-state index in [1.807, 2.05) is 11.8 Å². The average Bonchev–Trinajstić information content (AvgIpc) is 2.52. The smallest absolute Gasteiger partial charge is 0.317 e. The minimum Gasteiger partial charge on any atom is -0.338 e. The Balaban J connectivity index is 2.01. The molecular weight excluding hydrogens is 178 g/mol. The lowest BCUT2D eigenvalue weighted by atomic mass is 9.95. The second kappa shape index (κ2) is 4.17. The number of hydrogen-bond donors (Lipinski definition) is 2. The Labute approximate surface area is 85.0 Å². The monoisotopic (exact) mass is 197 g/mol. The third-order valence-electron chi connectivity index (χ3n) is 3.21. The maximum absolute atomic E-state index is 11.7. The molecule has 2 bridgehead atoms. The van der Waals surface area contributed by atoms with Gasteiger partial charge in [0.05, 0.1) is 0 Å². The number of hydrogen-bond acceptors (Lipinski definition) is 2. The van der Waals surface area contributed by atoms with Crippen molar-refractivity contribution in [3.8, 4) is 0 Å². The van der Waals surface area contributed by atoms with Gasteiger partial charge >= 0.3 is 6.03 Å². The quantitative estimate of drug-likeness (QED) is 0.639. The summed E-state index contributed by atoms with van der Waals surface area (Å²) in [6, 6.07) is 0.534. The Morgan fingerprint density at radius 3 is 3.14 bits per heavy atom. The first-order valence-corrected chi connectivity index (χ1v) is 5.56. The second-order valence-electron chi connectivity index (χ2n) is 4.24. The number of nitrogens with zero attached hydrogens (tertiary/aromatic N) is 1. The van der Waals surface area contributed by atoms with Gasteiger partial charge in [0.15, 0.2) is 0 Å². The van der Waals surface area contributed by atoms with Crippen LogP contribution in [0.15, 0.2) is 0 Å². The summed E-state index contributed by atoms with van der Waals surface area (Å²) < 4.78 is 0. The molecule has 2 N–H and O–H groups in total. The summed E-state index contributed by atoms with van der Waals surface area (Å²) in [4.78, 5) is 13.7. The minimum atomic E-state index is 0.117. The third-order valence-corrected chi connectivity index (χ3v) is 3.21.